The van der Waals surface area contributed by atoms with Crippen LogP contribution in [0.1, 0.15) is 26.7 Å². The summed E-state index contributed by atoms with van der Waals surface area (Å²) in [6, 6.07) is 0. The molecule has 1 heterocycles. The summed E-state index contributed by atoms with van der Waals surface area (Å²) in [5.74, 6) is 1.72. The van der Waals surface area contributed by atoms with Crippen molar-refractivity contribution >= 4 is 0 Å². The Kier molecular flexibility index (Phi) is 2.52. The van der Waals surface area contributed by atoms with E-state index >= 15 is 0 Å². The summed E-state index contributed by atoms with van der Waals surface area (Å²) in [6.07, 6.45) is 2.59. The van der Waals surface area contributed by atoms with Crippen LogP contribution in [0.2, 0.25) is 0 Å². The maximum absolute atomic E-state index is 5.28. The lowest BCUT2D eigenvalue weighted by molar-refractivity contribution is 0.173. The summed E-state index contributed by atoms with van der Waals surface area (Å²) in [5.41, 5.74) is 0. The van der Waals surface area contributed by atoms with Gasteiger partial charge >= 0.3 is 0 Å². The minimum Gasteiger partial charge on any atom is -0.381 e. The van der Waals surface area contributed by atoms with Crippen molar-refractivity contribution < 1.29 is 4.74 Å². The van der Waals surface area contributed by atoms with E-state index in [-0.39, 0.29) is 0 Å². The summed E-state index contributed by atoms with van der Waals surface area (Å²) in [7, 11) is 0. The Morgan fingerprint density at radius 1 is 1.67 bits per heavy atom. The molecule has 0 aromatic carbocycles. The highest BCUT2D eigenvalue weighted by atomic mass is 16.5. The molecule has 0 aromatic rings. The molecule has 0 radical (unpaired) electrons. The molecule has 1 saturated heterocycles. The van der Waals surface area contributed by atoms with Crippen LogP contribution < -0.4 is 0 Å². The Morgan fingerprint density at radius 2 is 2.44 bits per heavy atom. The highest BCUT2D eigenvalue weighted by Crippen LogP contribution is 2.23. The van der Waals surface area contributed by atoms with E-state index in [4.69, 9.17) is 4.74 Å². The first-order chi connectivity index (χ1) is 4.34. The van der Waals surface area contributed by atoms with Crippen LogP contribution >= 0.6 is 0 Å². The maximum atomic E-state index is 5.28. The number of hydrogen-bond acceptors (Lipinski definition) is 1. The highest BCUT2D eigenvalue weighted by Gasteiger charge is 2.20. The van der Waals surface area contributed by atoms with Crippen molar-refractivity contribution in [2.75, 3.05) is 13.2 Å². The lowest BCUT2D eigenvalue weighted by Crippen LogP contribution is -2.09. The molecule has 0 bridgehead atoms. The van der Waals surface area contributed by atoms with Crippen molar-refractivity contribution in [2.24, 2.45) is 11.8 Å². The summed E-state index contributed by atoms with van der Waals surface area (Å²) in [6.45, 7) is 6.58. The van der Waals surface area contributed by atoms with Crippen LogP contribution in [0, 0.1) is 11.8 Å². The third kappa shape index (κ3) is 1.68. The third-order valence-corrected chi connectivity index (χ3v) is 2.41. The molecule has 0 aromatic heterocycles. The van der Waals surface area contributed by atoms with Crippen LogP contribution in [0.25, 0.3) is 0 Å². The quantitative estimate of drug-likeness (QED) is 0.553. The molecule has 1 nitrogen and oxygen atoms in total. The first-order valence-corrected chi connectivity index (χ1v) is 3.92. The van der Waals surface area contributed by atoms with Crippen LogP contribution in [0.15, 0.2) is 0 Å². The van der Waals surface area contributed by atoms with Crippen LogP contribution in [-0.4, -0.2) is 13.2 Å². The van der Waals surface area contributed by atoms with Crippen LogP contribution in [-0.2, 0) is 4.74 Å². The maximum Gasteiger partial charge on any atom is 0.0497 e. The lowest BCUT2D eigenvalue weighted by atomic mass is 9.91. The molecule has 9 heavy (non-hydrogen) atoms. The normalized spacial score (nSPS) is 30.7. The fourth-order valence-electron chi connectivity index (χ4n) is 1.33. The van der Waals surface area contributed by atoms with Crippen molar-refractivity contribution in [3.05, 3.63) is 0 Å². The van der Waals surface area contributed by atoms with Gasteiger partial charge in [0.15, 0.2) is 0 Å². The predicted molar refractivity (Wildman–Crippen MR) is 38.4 cm³/mol. The van der Waals surface area contributed by atoms with E-state index in [1.807, 2.05) is 0 Å². The molecule has 1 unspecified atom stereocenters. The van der Waals surface area contributed by atoms with Gasteiger partial charge in [-0.2, -0.15) is 0 Å². The highest BCUT2D eigenvalue weighted by molar-refractivity contribution is 4.68. The molecule has 54 valence electrons. The van der Waals surface area contributed by atoms with Gasteiger partial charge in [0.1, 0.15) is 0 Å². The first kappa shape index (κ1) is 7.07. The Hall–Kier alpha value is -0.0400. The summed E-state index contributed by atoms with van der Waals surface area (Å²) < 4.78 is 5.28. The van der Waals surface area contributed by atoms with Gasteiger partial charge in [0, 0.05) is 13.2 Å². The molecular formula is C8H16O. The molecular weight excluding hydrogens is 112 g/mol. The molecule has 0 saturated carbocycles. The number of hydrogen-bond donors (Lipinski definition) is 0. The van der Waals surface area contributed by atoms with Crippen LogP contribution in [0.5, 0.6) is 0 Å². The van der Waals surface area contributed by atoms with E-state index in [1.54, 1.807) is 0 Å². The van der Waals surface area contributed by atoms with Gasteiger partial charge in [-0.1, -0.05) is 20.3 Å². The molecule has 0 N–H and O–H groups in total. The molecule has 1 heteroatoms. The Labute approximate surface area is 57.4 Å². The average Bonchev–Trinajstić information content (AvgIpc) is 2.37. The van der Waals surface area contributed by atoms with Gasteiger partial charge in [0.2, 0.25) is 0 Å². The molecule has 1 aliphatic rings. The number of rotatable bonds is 2. The van der Waals surface area contributed by atoms with Crippen LogP contribution in [0.4, 0.5) is 0 Å². The summed E-state index contributed by atoms with van der Waals surface area (Å²) >= 11 is 0. The predicted octanol–water partition coefficient (Wildman–Crippen LogP) is 2.07. The van der Waals surface area contributed by atoms with Crippen molar-refractivity contribution in [3.63, 3.8) is 0 Å². The standard InChI is InChI=1S/C8H16O/c1-3-7(2)8-4-5-9-6-8/h7-8H,3-6H2,1-2H3/t7?,8-/m0/s1. The van der Waals surface area contributed by atoms with Gasteiger partial charge < -0.3 is 4.74 Å². The first-order valence-electron chi connectivity index (χ1n) is 3.92. The smallest absolute Gasteiger partial charge is 0.0497 e. The zero-order chi connectivity index (χ0) is 6.69. The molecule has 2 atom stereocenters. The molecule has 1 fully saturated rings. The fourth-order valence-corrected chi connectivity index (χ4v) is 1.33. The van der Waals surface area contributed by atoms with Gasteiger partial charge in [-0.15, -0.1) is 0 Å². The summed E-state index contributed by atoms with van der Waals surface area (Å²) in [5, 5.41) is 0. The van der Waals surface area contributed by atoms with E-state index in [0.29, 0.717) is 0 Å². The van der Waals surface area contributed by atoms with Crippen molar-refractivity contribution in [1.29, 1.82) is 0 Å². The zero-order valence-electron chi connectivity index (χ0n) is 6.39. The van der Waals surface area contributed by atoms with E-state index in [9.17, 15) is 0 Å². The minimum atomic E-state index is 0.856. The lowest BCUT2D eigenvalue weighted by Gasteiger charge is -2.13. The second-order valence-corrected chi connectivity index (χ2v) is 3.01. The average molecular weight is 128 g/mol. The SMILES string of the molecule is CCC(C)[C@H]1CCOC1. The van der Waals surface area contributed by atoms with E-state index in [2.05, 4.69) is 13.8 Å². The third-order valence-electron chi connectivity index (χ3n) is 2.41. The largest absolute Gasteiger partial charge is 0.381 e. The monoisotopic (exact) mass is 128 g/mol. The topological polar surface area (TPSA) is 9.23 Å². The van der Waals surface area contributed by atoms with Crippen molar-refractivity contribution in [2.45, 2.75) is 26.7 Å². The molecule has 1 aliphatic heterocycles. The van der Waals surface area contributed by atoms with Crippen molar-refractivity contribution in [3.8, 4) is 0 Å². The molecule has 0 spiro atoms. The molecule has 0 aliphatic carbocycles. The van der Waals surface area contributed by atoms with E-state index in [0.717, 1.165) is 25.0 Å². The Bertz CT molecular complexity index is 74.6. The minimum absolute atomic E-state index is 0.856. The van der Waals surface area contributed by atoms with Gasteiger partial charge in [-0.25, -0.2) is 0 Å². The van der Waals surface area contributed by atoms with E-state index < -0.39 is 0 Å². The van der Waals surface area contributed by atoms with Gasteiger partial charge in [-0.05, 0) is 18.3 Å². The van der Waals surface area contributed by atoms with Crippen molar-refractivity contribution in [1.82, 2.24) is 0 Å². The van der Waals surface area contributed by atoms with Crippen LogP contribution in [0.3, 0.4) is 0 Å². The zero-order valence-corrected chi connectivity index (χ0v) is 6.39. The van der Waals surface area contributed by atoms with Gasteiger partial charge in [-0.3, -0.25) is 0 Å². The number of ether oxygens (including phenoxy) is 1. The Balaban J connectivity index is 2.24. The molecule has 0 amide bonds. The van der Waals surface area contributed by atoms with E-state index in [1.165, 1.54) is 12.8 Å². The van der Waals surface area contributed by atoms with Gasteiger partial charge in [0.25, 0.3) is 0 Å². The van der Waals surface area contributed by atoms with Gasteiger partial charge in [0.05, 0.1) is 0 Å². The second kappa shape index (κ2) is 3.21. The fraction of sp³-hybridized carbons (Fsp3) is 1.00. The molecule has 1 rings (SSSR count). The Morgan fingerprint density at radius 3 is 2.89 bits per heavy atom. The summed E-state index contributed by atoms with van der Waals surface area (Å²) in [4.78, 5) is 0. The second-order valence-electron chi connectivity index (χ2n) is 3.01.